The fourth-order valence-electron chi connectivity index (χ4n) is 4.18. The average Bonchev–Trinajstić information content (AvgIpc) is 3.26. The second kappa shape index (κ2) is 9.52. The summed E-state index contributed by atoms with van der Waals surface area (Å²) < 4.78 is 25.6. The summed E-state index contributed by atoms with van der Waals surface area (Å²) in [5.41, 5.74) is 1.08. The van der Waals surface area contributed by atoms with Gasteiger partial charge in [0.2, 0.25) is 5.28 Å². The summed E-state index contributed by atoms with van der Waals surface area (Å²) in [4.78, 5) is 34.6. The molecule has 4 rings (SSSR count). The van der Waals surface area contributed by atoms with Crippen LogP contribution < -0.4 is 10.9 Å². The number of pyridine rings is 1. The van der Waals surface area contributed by atoms with Crippen molar-refractivity contribution in [3.8, 4) is 0 Å². The van der Waals surface area contributed by atoms with Crippen LogP contribution in [-0.2, 0) is 16.4 Å². The molecule has 12 heteroatoms. The van der Waals surface area contributed by atoms with E-state index < -0.39 is 9.84 Å². The van der Waals surface area contributed by atoms with Crippen molar-refractivity contribution in [2.75, 3.05) is 17.6 Å². The molecule has 3 aromatic rings. The Bertz CT molecular complexity index is 1340. The van der Waals surface area contributed by atoms with Crippen molar-refractivity contribution in [2.45, 2.75) is 43.7 Å². The van der Waals surface area contributed by atoms with Crippen molar-refractivity contribution in [1.29, 1.82) is 0 Å². The maximum Gasteiger partial charge on any atom is 0.295 e. The lowest BCUT2D eigenvalue weighted by Crippen LogP contribution is -2.32. The number of nitrogens with zero attached hydrogens (tertiary/aromatic N) is 6. The lowest BCUT2D eigenvalue weighted by atomic mass is 10.0. The third-order valence-corrected chi connectivity index (χ3v) is 7.79. The molecular formula is C21H24ClN7O3S. The zero-order valence-electron chi connectivity index (χ0n) is 18.1. The first kappa shape index (κ1) is 23.2. The maximum atomic E-state index is 13.5. The van der Waals surface area contributed by atoms with Gasteiger partial charge in [-0.2, -0.15) is 4.98 Å². The van der Waals surface area contributed by atoms with E-state index >= 15 is 0 Å². The van der Waals surface area contributed by atoms with Crippen molar-refractivity contribution in [3.05, 3.63) is 45.9 Å². The molecule has 0 amide bonds. The van der Waals surface area contributed by atoms with Gasteiger partial charge in [-0.3, -0.25) is 14.3 Å². The highest BCUT2D eigenvalue weighted by Crippen LogP contribution is 2.36. The number of nitrogens with one attached hydrogen (secondary N) is 1. The van der Waals surface area contributed by atoms with Crippen LogP contribution >= 0.6 is 11.6 Å². The minimum Gasteiger partial charge on any atom is -0.360 e. The second-order valence-corrected chi connectivity index (χ2v) is 10.5. The Kier molecular flexibility index (Phi) is 6.71. The van der Waals surface area contributed by atoms with E-state index in [1.807, 2.05) is 0 Å². The van der Waals surface area contributed by atoms with Crippen molar-refractivity contribution in [2.24, 2.45) is 10.9 Å². The molecule has 0 saturated heterocycles. The van der Waals surface area contributed by atoms with E-state index in [1.54, 1.807) is 17.6 Å². The summed E-state index contributed by atoms with van der Waals surface area (Å²) in [5, 5.41) is 3.08. The molecule has 0 unspecified atom stereocenters. The Labute approximate surface area is 196 Å². The van der Waals surface area contributed by atoms with E-state index in [2.05, 4.69) is 37.0 Å². The minimum absolute atomic E-state index is 0.00243. The normalized spacial score (nSPS) is 18.5. The molecule has 1 saturated carbocycles. The van der Waals surface area contributed by atoms with Crippen LogP contribution in [0, 0.1) is 5.92 Å². The zero-order chi connectivity index (χ0) is 23.6. The minimum atomic E-state index is -3.33. The van der Waals surface area contributed by atoms with Crippen molar-refractivity contribution in [1.82, 2.24) is 24.5 Å². The third-order valence-electron chi connectivity index (χ3n) is 5.89. The fraction of sp³-hybridized carbons (Fsp3) is 0.429. The topological polar surface area (TPSA) is 132 Å². The predicted octanol–water partition coefficient (Wildman–Crippen LogP) is 2.68. The van der Waals surface area contributed by atoms with E-state index in [0.29, 0.717) is 23.4 Å². The SMILES string of the molecule is C=NC[C@H]1CCC[C@@H]1n1c(=O)c(NCc2ccc(S(=O)(=O)CC)cn2)nc2cnc(Cl)nc21. The summed E-state index contributed by atoms with van der Waals surface area (Å²) in [6, 6.07) is 3.02. The quantitative estimate of drug-likeness (QED) is 0.377. The Hall–Kier alpha value is -2.92. The molecule has 0 bridgehead atoms. The Balaban J connectivity index is 1.69. The fourth-order valence-corrected chi connectivity index (χ4v) is 5.13. The lowest BCUT2D eigenvalue weighted by Gasteiger charge is -2.22. The first-order valence-electron chi connectivity index (χ1n) is 10.6. The number of anilines is 1. The average molecular weight is 490 g/mol. The van der Waals surface area contributed by atoms with Gasteiger partial charge < -0.3 is 10.3 Å². The number of hydrogen-bond donors (Lipinski definition) is 1. The van der Waals surface area contributed by atoms with Crippen LogP contribution in [0.3, 0.4) is 0 Å². The lowest BCUT2D eigenvalue weighted by molar-refractivity contribution is 0.387. The van der Waals surface area contributed by atoms with Crippen LogP contribution in [-0.4, -0.2) is 51.9 Å². The molecule has 0 radical (unpaired) electrons. The van der Waals surface area contributed by atoms with Crippen LogP contribution in [0.25, 0.3) is 11.2 Å². The van der Waals surface area contributed by atoms with Gasteiger partial charge in [0.15, 0.2) is 21.3 Å². The van der Waals surface area contributed by atoms with Crippen molar-refractivity contribution >= 4 is 45.1 Å². The summed E-state index contributed by atoms with van der Waals surface area (Å²) in [6.07, 6.45) is 5.54. The molecule has 10 nitrogen and oxygen atoms in total. The predicted molar refractivity (Wildman–Crippen MR) is 127 cm³/mol. The number of aliphatic imine (C=N–C) groups is 1. The molecule has 1 fully saturated rings. The number of sulfone groups is 1. The van der Waals surface area contributed by atoms with Gasteiger partial charge in [-0.15, -0.1) is 0 Å². The van der Waals surface area contributed by atoms with Crippen molar-refractivity contribution < 1.29 is 8.42 Å². The molecule has 1 N–H and O–H groups in total. The van der Waals surface area contributed by atoms with E-state index in [-0.39, 0.29) is 45.8 Å². The smallest absolute Gasteiger partial charge is 0.295 e. The standard InChI is InChI=1S/C21H24ClN7O3S/c1-3-33(31,32)15-8-7-14(24-11-15)10-25-18-20(30)29(17-6-4-5-13(17)9-23-2)19-16(27-18)12-26-21(22)28-19/h7-8,11-13,17H,2-6,9-10H2,1H3,(H,25,27)/t13-,17+/m1/s1. The van der Waals surface area contributed by atoms with Gasteiger partial charge in [-0.1, -0.05) is 13.3 Å². The summed E-state index contributed by atoms with van der Waals surface area (Å²) in [6.45, 7) is 5.93. The number of hydrogen-bond acceptors (Lipinski definition) is 9. The highest BCUT2D eigenvalue weighted by Gasteiger charge is 2.31. The number of halogens is 1. The summed E-state index contributed by atoms with van der Waals surface area (Å²) >= 11 is 6.02. The molecule has 1 aliphatic rings. The first-order valence-corrected chi connectivity index (χ1v) is 12.7. The monoisotopic (exact) mass is 489 g/mol. The molecule has 3 heterocycles. The van der Waals surface area contributed by atoms with Gasteiger partial charge in [0.1, 0.15) is 5.52 Å². The molecule has 2 atom stereocenters. The van der Waals surface area contributed by atoms with Gasteiger partial charge in [0, 0.05) is 18.8 Å². The largest absolute Gasteiger partial charge is 0.360 e. The summed E-state index contributed by atoms with van der Waals surface area (Å²) in [7, 11) is -3.33. The third kappa shape index (κ3) is 4.74. The van der Waals surface area contributed by atoms with E-state index in [1.165, 1.54) is 18.5 Å². The Morgan fingerprint density at radius 1 is 1.24 bits per heavy atom. The van der Waals surface area contributed by atoms with Crippen molar-refractivity contribution in [3.63, 3.8) is 0 Å². The van der Waals surface area contributed by atoms with Crippen LogP contribution in [0.2, 0.25) is 5.28 Å². The van der Waals surface area contributed by atoms with E-state index in [4.69, 9.17) is 11.6 Å². The molecular weight excluding hydrogens is 466 g/mol. The van der Waals surface area contributed by atoms with E-state index in [0.717, 1.165) is 19.3 Å². The van der Waals surface area contributed by atoms with Gasteiger partial charge in [0.05, 0.1) is 29.1 Å². The molecule has 1 aliphatic carbocycles. The Morgan fingerprint density at radius 2 is 2.06 bits per heavy atom. The number of fused-ring (bicyclic) bond motifs is 1. The maximum absolute atomic E-state index is 13.5. The van der Waals surface area contributed by atoms with Crippen LogP contribution in [0.15, 0.2) is 39.2 Å². The first-order chi connectivity index (χ1) is 15.8. The highest BCUT2D eigenvalue weighted by atomic mass is 35.5. The van der Waals surface area contributed by atoms with Crippen LogP contribution in [0.5, 0.6) is 0 Å². The molecule has 174 valence electrons. The van der Waals surface area contributed by atoms with Gasteiger partial charge in [-0.05, 0) is 49.2 Å². The molecule has 0 aromatic carbocycles. The molecule has 33 heavy (non-hydrogen) atoms. The summed E-state index contributed by atoms with van der Waals surface area (Å²) in [5.74, 6) is 0.308. The molecule has 0 spiro atoms. The van der Waals surface area contributed by atoms with Gasteiger partial charge in [0.25, 0.3) is 5.56 Å². The zero-order valence-corrected chi connectivity index (χ0v) is 19.7. The molecule has 3 aromatic heterocycles. The highest BCUT2D eigenvalue weighted by molar-refractivity contribution is 7.91. The van der Waals surface area contributed by atoms with Gasteiger partial charge >= 0.3 is 0 Å². The van der Waals surface area contributed by atoms with Crippen LogP contribution in [0.1, 0.15) is 37.9 Å². The Morgan fingerprint density at radius 3 is 2.76 bits per heavy atom. The van der Waals surface area contributed by atoms with Gasteiger partial charge in [-0.25, -0.2) is 18.4 Å². The van der Waals surface area contributed by atoms with E-state index in [9.17, 15) is 13.2 Å². The second-order valence-electron chi connectivity index (χ2n) is 7.89. The number of rotatable bonds is 8. The number of aromatic nitrogens is 5. The molecule has 0 aliphatic heterocycles. The van der Waals surface area contributed by atoms with Crippen LogP contribution in [0.4, 0.5) is 5.82 Å².